The van der Waals surface area contributed by atoms with Crippen LogP contribution in [0.3, 0.4) is 0 Å². The molecule has 0 aromatic carbocycles. The molecule has 0 aromatic heterocycles. The van der Waals surface area contributed by atoms with Gasteiger partial charge < -0.3 is 0 Å². The van der Waals surface area contributed by atoms with E-state index in [1.54, 1.807) is 0 Å². The van der Waals surface area contributed by atoms with Gasteiger partial charge in [-0.3, -0.25) is 4.57 Å². The molecule has 0 N–H and O–H groups in total. The summed E-state index contributed by atoms with van der Waals surface area (Å²) in [5.74, 6) is 0.898. The highest BCUT2D eigenvalue weighted by molar-refractivity contribution is 7.23. The lowest BCUT2D eigenvalue weighted by molar-refractivity contribution is 0.351. The van der Waals surface area contributed by atoms with Gasteiger partial charge in [-0.05, 0) is 12.3 Å². The van der Waals surface area contributed by atoms with Gasteiger partial charge in [0.25, 0.3) is 0 Å². The third-order valence-corrected chi connectivity index (χ3v) is 2.79. The second-order valence-corrected chi connectivity index (χ2v) is 3.85. The highest BCUT2D eigenvalue weighted by Gasteiger charge is 2.12. The molecule has 0 saturated heterocycles. The van der Waals surface area contributed by atoms with Crippen molar-refractivity contribution in [2.45, 2.75) is 38.5 Å². The maximum atomic E-state index is 10.1. The molecule has 0 aliphatic heterocycles. The first-order valence-corrected chi connectivity index (χ1v) is 5.22. The summed E-state index contributed by atoms with van der Waals surface area (Å²) in [7, 11) is 0.339. The molecule has 1 saturated carbocycles. The smallest absolute Gasteiger partial charge is 0.155 e. The minimum atomic E-state index is 0.339. The van der Waals surface area contributed by atoms with Crippen LogP contribution in [0.1, 0.15) is 38.5 Å². The number of hydrogen-bond acceptors (Lipinski definition) is 1. The molecule has 0 atom stereocenters. The summed E-state index contributed by atoms with van der Waals surface area (Å²) in [4.78, 5) is 0. The Morgan fingerprint density at radius 3 is 2.50 bits per heavy atom. The van der Waals surface area contributed by atoms with Gasteiger partial charge in [0.15, 0.2) is 8.46 Å². The van der Waals surface area contributed by atoms with Gasteiger partial charge in [-0.2, -0.15) is 0 Å². The van der Waals surface area contributed by atoms with Gasteiger partial charge in [-0.25, -0.2) is 0 Å². The average molecular weight is 158 g/mol. The zero-order chi connectivity index (χ0) is 7.23. The second-order valence-electron chi connectivity index (χ2n) is 3.15. The Balaban J connectivity index is 2.07. The summed E-state index contributed by atoms with van der Waals surface area (Å²) in [5.41, 5.74) is 0. The van der Waals surface area contributed by atoms with E-state index in [4.69, 9.17) is 0 Å². The monoisotopic (exact) mass is 158 g/mol. The van der Waals surface area contributed by atoms with Crippen LogP contribution in [0, 0.1) is 5.92 Å². The van der Waals surface area contributed by atoms with Crippen molar-refractivity contribution in [1.29, 1.82) is 0 Å². The van der Waals surface area contributed by atoms with Gasteiger partial charge in [0.2, 0.25) is 0 Å². The number of hydrogen-bond donors (Lipinski definition) is 0. The standard InChI is InChI=1S/C8H15OP/c9-10-7-6-8-4-2-1-3-5-8/h8H,1-7H2. The van der Waals surface area contributed by atoms with Crippen LogP contribution in [0.5, 0.6) is 0 Å². The summed E-state index contributed by atoms with van der Waals surface area (Å²) < 4.78 is 10.1. The van der Waals surface area contributed by atoms with E-state index in [-0.39, 0.29) is 0 Å². The fourth-order valence-electron chi connectivity index (χ4n) is 1.71. The highest BCUT2D eigenvalue weighted by atomic mass is 31.1. The first-order valence-electron chi connectivity index (χ1n) is 4.22. The maximum absolute atomic E-state index is 10.1. The van der Waals surface area contributed by atoms with E-state index in [1.807, 2.05) is 0 Å². The van der Waals surface area contributed by atoms with E-state index >= 15 is 0 Å². The highest BCUT2D eigenvalue weighted by Crippen LogP contribution is 2.26. The lowest BCUT2D eigenvalue weighted by Gasteiger charge is -2.19. The Hall–Kier alpha value is 0.100. The summed E-state index contributed by atoms with van der Waals surface area (Å²) in [5, 5.41) is 0. The molecule has 0 heterocycles. The fraction of sp³-hybridized carbons (Fsp3) is 1.00. The van der Waals surface area contributed by atoms with Crippen molar-refractivity contribution in [2.75, 3.05) is 6.16 Å². The third-order valence-electron chi connectivity index (χ3n) is 2.35. The molecule has 1 aliphatic carbocycles. The molecule has 0 aromatic rings. The molecule has 0 unspecified atom stereocenters. The Morgan fingerprint density at radius 2 is 1.90 bits per heavy atom. The van der Waals surface area contributed by atoms with Crippen molar-refractivity contribution in [3.8, 4) is 0 Å². The van der Waals surface area contributed by atoms with E-state index in [2.05, 4.69) is 0 Å². The Kier molecular flexibility index (Phi) is 3.97. The first-order chi connectivity index (χ1) is 4.93. The van der Waals surface area contributed by atoms with Crippen LogP contribution in [0.2, 0.25) is 0 Å². The molecular weight excluding hydrogens is 143 g/mol. The van der Waals surface area contributed by atoms with Gasteiger partial charge in [0.1, 0.15) is 0 Å². The molecule has 0 amide bonds. The van der Waals surface area contributed by atoms with Crippen LogP contribution in [0.4, 0.5) is 0 Å². The van der Waals surface area contributed by atoms with Crippen LogP contribution >= 0.6 is 8.46 Å². The minimum absolute atomic E-state index is 0.339. The minimum Gasteiger partial charge on any atom is -0.275 e. The first kappa shape index (κ1) is 8.20. The molecule has 10 heavy (non-hydrogen) atoms. The number of rotatable bonds is 3. The fourth-order valence-corrected chi connectivity index (χ4v) is 2.18. The topological polar surface area (TPSA) is 17.1 Å². The Labute approximate surface area is 64.4 Å². The lowest BCUT2D eigenvalue weighted by atomic mass is 9.88. The zero-order valence-electron chi connectivity index (χ0n) is 6.38. The van der Waals surface area contributed by atoms with Crippen molar-refractivity contribution in [3.63, 3.8) is 0 Å². The lowest BCUT2D eigenvalue weighted by Crippen LogP contribution is -2.06. The van der Waals surface area contributed by atoms with Crippen LogP contribution in [-0.2, 0) is 4.57 Å². The Bertz CT molecular complexity index is 97.4. The summed E-state index contributed by atoms with van der Waals surface area (Å²) in [6, 6.07) is 0. The molecule has 0 spiro atoms. The van der Waals surface area contributed by atoms with Crippen molar-refractivity contribution in [1.82, 2.24) is 0 Å². The predicted octanol–water partition coefficient (Wildman–Crippen LogP) is 3.25. The summed E-state index contributed by atoms with van der Waals surface area (Å²) in [6.07, 6.45) is 9.06. The molecular formula is C8H15OP. The van der Waals surface area contributed by atoms with Crippen LogP contribution < -0.4 is 0 Å². The van der Waals surface area contributed by atoms with Gasteiger partial charge in [-0.1, -0.05) is 32.1 Å². The van der Waals surface area contributed by atoms with Crippen molar-refractivity contribution >= 4 is 8.46 Å². The average Bonchev–Trinajstić information content (AvgIpc) is 2.03. The molecule has 58 valence electrons. The van der Waals surface area contributed by atoms with Gasteiger partial charge >= 0.3 is 0 Å². The van der Waals surface area contributed by atoms with E-state index in [0.29, 0.717) is 8.46 Å². The molecule has 0 bridgehead atoms. The normalized spacial score (nSPS) is 21.6. The quantitative estimate of drug-likeness (QED) is 0.576. The van der Waals surface area contributed by atoms with Gasteiger partial charge in [-0.15, -0.1) is 0 Å². The van der Waals surface area contributed by atoms with Crippen LogP contribution in [0.25, 0.3) is 0 Å². The van der Waals surface area contributed by atoms with E-state index < -0.39 is 0 Å². The van der Waals surface area contributed by atoms with E-state index in [0.717, 1.165) is 12.1 Å². The SMILES string of the molecule is O=PCCC1CCCCC1. The van der Waals surface area contributed by atoms with Crippen molar-refractivity contribution in [3.05, 3.63) is 0 Å². The van der Waals surface area contributed by atoms with E-state index in [1.165, 1.54) is 38.5 Å². The molecule has 0 radical (unpaired) electrons. The molecule has 1 fully saturated rings. The van der Waals surface area contributed by atoms with Crippen molar-refractivity contribution in [2.24, 2.45) is 5.92 Å². The molecule has 2 heteroatoms. The maximum Gasteiger partial charge on any atom is 0.155 e. The third kappa shape index (κ3) is 2.79. The van der Waals surface area contributed by atoms with Crippen LogP contribution in [-0.4, -0.2) is 6.16 Å². The molecule has 1 rings (SSSR count). The van der Waals surface area contributed by atoms with E-state index in [9.17, 15) is 4.57 Å². The Morgan fingerprint density at radius 1 is 1.20 bits per heavy atom. The summed E-state index contributed by atoms with van der Waals surface area (Å²) >= 11 is 0. The largest absolute Gasteiger partial charge is 0.275 e. The second kappa shape index (κ2) is 4.85. The van der Waals surface area contributed by atoms with Crippen molar-refractivity contribution < 1.29 is 4.57 Å². The predicted molar refractivity (Wildman–Crippen MR) is 43.7 cm³/mol. The molecule has 1 nitrogen and oxygen atoms in total. The zero-order valence-corrected chi connectivity index (χ0v) is 7.28. The van der Waals surface area contributed by atoms with Crippen LogP contribution in [0.15, 0.2) is 0 Å². The summed E-state index contributed by atoms with van der Waals surface area (Å²) in [6.45, 7) is 0. The van der Waals surface area contributed by atoms with Gasteiger partial charge in [0, 0.05) is 6.16 Å². The molecule has 1 aliphatic rings. The van der Waals surface area contributed by atoms with Gasteiger partial charge in [0.05, 0.1) is 0 Å².